The largest absolute Gasteiger partial charge is 0.475 e. The maximum atomic E-state index is 13.7. The summed E-state index contributed by atoms with van der Waals surface area (Å²) in [6, 6.07) is 19.5. The molecule has 7 nitrogen and oxygen atoms in total. The molecule has 0 aliphatic carbocycles. The molecule has 3 N–H and O–H groups in total. The molecule has 1 amide bonds. The Balaban J connectivity index is 1.31. The van der Waals surface area contributed by atoms with Gasteiger partial charge in [0.15, 0.2) is 0 Å². The topological polar surface area (TPSA) is 95.5 Å². The molecule has 36 heavy (non-hydrogen) atoms. The van der Waals surface area contributed by atoms with Gasteiger partial charge in [0.1, 0.15) is 0 Å². The van der Waals surface area contributed by atoms with E-state index >= 15 is 0 Å². The molecule has 186 valence electrons. The van der Waals surface area contributed by atoms with E-state index in [1.807, 2.05) is 43.0 Å². The molecule has 2 saturated heterocycles. The molecule has 2 aromatic carbocycles. The maximum Gasteiger partial charge on any atom is 0.234 e. The van der Waals surface area contributed by atoms with E-state index in [-0.39, 0.29) is 23.1 Å². The molecule has 2 aliphatic rings. The van der Waals surface area contributed by atoms with Crippen LogP contribution < -0.4 is 15.4 Å². The zero-order valence-electron chi connectivity index (χ0n) is 20.9. The highest BCUT2D eigenvalue weighted by Gasteiger charge is 2.50. The van der Waals surface area contributed by atoms with Gasteiger partial charge in [-0.3, -0.25) is 15.1 Å². The summed E-state index contributed by atoms with van der Waals surface area (Å²) in [5.74, 6) is 0.700. The Kier molecular flexibility index (Phi) is 6.49. The second-order valence-corrected chi connectivity index (χ2v) is 10.1. The number of amides is 1. The molecule has 0 bridgehead atoms. The Morgan fingerprint density at radius 1 is 1.11 bits per heavy atom. The zero-order valence-corrected chi connectivity index (χ0v) is 20.9. The van der Waals surface area contributed by atoms with Crippen LogP contribution in [-0.4, -0.2) is 47.2 Å². The minimum absolute atomic E-state index is 0.0294. The van der Waals surface area contributed by atoms with Crippen LogP contribution in [0.15, 0.2) is 66.9 Å². The molecule has 3 aromatic rings. The maximum absolute atomic E-state index is 13.7. The van der Waals surface area contributed by atoms with Crippen molar-refractivity contribution in [3.63, 3.8) is 0 Å². The van der Waals surface area contributed by atoms with Crippen LogP contribution in [0.4, 0.5) is 11.4 Å². The van der Waals surface area contributed by atoms with Gasteiger partial charge >= 0.3 is 0 Å². The van der Waals surface area contributed by atoms with Gasteiger partial charge in [0.2, 0.25) is 11.8 Å². The van der Waals surface area contributed by atoms with Crippen molar-refractivity contribution in [3.05, 3.63) is 83.6 Å². The summed E-state index contributed by atoms with van der Waals surface area (Å²) in [5.41, 5.74) is 10.0. The number of anilines is 2. The first-order valence-corrected chi connectivity index (χ1v) is 12.5. The van der Waals surface area contributed by atoms with Crippen LogP contribution in [0.1, 0.15) is 43.4 Å². The van der Waals surface area contributed by atoms with Crippen LogP contribution in [0.25, 0.3) is 0 Å². The van der Waals surface area contributed by atoms with Crippen molar-refractivity contribution in [3.8, 4) is 5.88 Å². The quantitative estimate of drug-likeness (QED) is 0.381. The van der Waals surface area contributed by atoms with Crippen LogP contribution in [0, 0.1) is 10.8 Å². The summed E-state index contributed by atoms with van der Waals surface area (Å²) in [6.07, 6.45) is 3.38. The summed E-state index contributed by atoms with van der Waals surface area (Å²) in [4.78, 5) is 22.3. The lowest BCUT2D eigenvalue weighted by molar-refractivity contribution is -0.125. The van der Waals surface area contributed by atoms with Crippen LogP contribution >= 0.6 is 0 Å². The number of pyridine rings is 1. The van der Waals surface area contributed by atoms with Crippen LogP contribution in [0.3, 0.4) is 0 Å². The summed E-state index contributed by atoms with van der Waals surface area (Å²) in [6.45, 7) is 7.15. The lowest BCUT2D eigenvalue weighted by atomic mass is 9.85. The lowest BCUT2D eigenvalue weighted by Gasteiger charge is -2.24. The first kappa shape index (κ1) is 24.0. The molecule has 1 aromatic heterocycles. The molecule has 3 heterocycles. The smallest absolute Gasteiger partial charge is 0.234 e. The van der Waals surface area contributed by atoms with E-state index in [1.54, 1.807) is 18.3 Å². The van der Waals surface area contributed by atoms with Crippen molar-refractivity contribution < 1.29 is 9.53 Å². The summed E-state index contributed by atoms with van der Waals surface area (Å²) in [5, 5.41) is 8.76. The van der Waals surface area contributed by atoms with Crippen LogP contribution in [0.2, 0.25) is 0 Å². The van der Waals surface area contributed by atoms with Crippen molar-refractivity contribution in [2.75, 3.05) is 30.3 Å². The fourth-order valence-corrected chi connectivity index (χ4v) is 5.30. The molecule has 5 rings (SSSR count). The lowest BCUT2D eigenvalue weighted by Crippen LogP contribution is -2.37. The van der Waals surface area contributed by atoms with Crippen LogP contribution in [-0.2, 0) is 11.3 Å². The molecule has 0 saturated carbocycles. The third-order valence-corrected chi connectivity index (χ3v) is 7.19. The first-order valence-electron chi connectivity index (χ1n) is 12.5. The third kappa shape index (κ3) is 4.71. The molecule has 2 aliphatic heterocycles. The highest BCUT2D eigenvalue weighted by molar-refractivity contribution is 6.14. The summed E-state index contributed by atoms with van der Waals surface area (Å²) in [7, 11) is 0. The number of nitrogens with two attached hydrogens (primary N) is 1. The minimum atomic E-state index is -0.333. The van der Waals surface area contributed by atoms with Crippen molar-refractivity contribution in [1.82, 2.24) is 9.88 Å². The number of nitrogen functional groups attached to an aromatic ring is 1. The second kappa shape index (κ2) is 9.74. The number of hydrogen-bond acceptors (Lipinski definition) is 6. The molecule has 1 spiro atoms. The molecule has 2 fully saturated rings. The normalized spacial score (nSPS) is 20.0. The van der Waals surface area contributed by atoms with E-state index in [9.17, 15) is 4.79 Å². The second-order valence-electron chi connectivity index (χ2n) is 10.1. The highest BCUT2D eigenvalue weighted by Crippen LogP contribution is 2.43. The molecular formula is C29H33N5O2. The van der Waals surface area contributed by atoms with Gasteiger partial charge in [-0.2, -0.15) is 0 Å². The van der Waals surface area contributed by atoms with E-state index < -0.39 is 0 Å². The summed E-state index contributed by atoms with van der Waals surface area (Å²) >= 11 is 0. The standard InChI is InChI=1S/C29H33N5O2/c1-20(2)36-26-11-8-22(17-32-26)27(31)24-16-23(9-10-25(24)30)34-15-13-29(28(34)35)12-14-33(19-29)18-21-6-4-3-5-7-21/h3-11,16-17,20,31H,12-15,18-19,30H2,1-2H3. The minimum Gasteiger partial charge on any atom is -0.475 e. The Bertz CT molecular complexity index is 1260. The van der Waals surface area contributed by atoms with E-state index in [4.69, 9.17) is 15.9 Å². The van der Waals surface area contributed by atoms with E-state index in [2.05, 4.69) is 34.1 Å². The van der Waals surface area contributed by atoms with E-state index in [0.29, 0.717) is 29.2 Å². The van der Waals surface area contributed by atoms with Gasteiger partial charge in [0.25, 0.3) is 0 Å². The number of ether oxygens (including phenoxy) is 1. The first-order chi connectivity index (χ1) is 17.3. The van der Waals surface area contributed by atoms with E-state index in [0.717, 1.165) is 38.2 Å². The summed E-state index contributed by atoms with van der Waals surface area (Å²) < 4.78 is 5.61. The van der Waals surface area contributed by atoms with Gasteiger partial charge in [-0.05, 0) is 63.1 Å². The van der Waals surface area contributed by atoms with Gasteiger partial charge in [-0.1, -0.05) is 30.3 Å². The number of carbonyl (C=O) groups is 1. The third-order valence-electron chi connectivity index (χ3n) is 7.19. The Morgan fingerprint density at radius 2 is 1.89 bits per heavy atom. The Morgan fingerprint density at radius 3 is 2.61 bits per heavy atom. The number of aromatic nitrogens is 1. The Labute approximate surface area is 212 Å². The Hall–Kier alpha value is -3.71. The molecule has 1 unspecified atom stereocenters. The monoisotopic (exact) mass is 483 g/mol. The number of hydrogen-bond donors (Lipinski definition) is 2. The van der Waals surface area contributed by atoms with Gasteiger partial charge in [-0.15, -0.1) is 0 Å². The van der Waals surface area contributed by atoms with E-state index in [1.165, 1.54) is 5.56 Å². The number of nitrogens with one attached hydrogen (secondary N) is 1. The number of carbonyl (C=O) groups excluding carboxylic acids is 1. The molecule has 7 heteroatoms. The van der Waals surface area contributed by atoms with Crippen molar-refractivity contribution in [2.45, 2.75) is 39.3 Å². The number of likely N-dealkylation sites (tertiary alicyclic amines) is 1. The average molecular weight is 484 g/mol. The van der Waals surface area contributed by atoms with Gasteiger partial charge in [0, 0.05) is 54.4 Å². The van der Waals surface area contributed by atoms with Crippen molar-refractivity contribution in [1.29, 1.82) is 5.41 Å². The van der Waals surface area contributed by atoms with Crippen molar-refractivity contribution >= 4 is 23.0 Å². The average Bonchev–Trinajstić information content (AvgIpc) is 3.43. The van der Waals surface area contributed by atoms with Crippen LogP contribution in [0.5, 0.6) is 5.88 Å². The number of rotatable bonds is 7. The predicted molar refractivity (Wildman–Crippen MR) is 143 cm³/mol. The highest BCUT2D eigenvalue weighted by atomic mass is 16.5. The fourth-order valence-electron chi connectivity index (χ4n) is 5.30. The molecule has 1 atom stereocenters. The van der Waals surface area contributed by atoms with Gasteiger partial charge < -0.3 is 15.4 Å². The molecule has 0 radical (unpaired) electrons. The SMILES string of the molecule is CC(C)Oc1ccc(C(=N)c2cc(N3CCC4(CCN(Cc5ccccc5)C4)C3=O)ccc2N)cn1. The zero-order chi connectivity index (χ0) is 25.3. The molecular weight excluding hydrogens is 450 g/mol. The fraction of sp³-hybridized carbons (Fsp3) is 0.345. The predicted octanol–water partition coefficient (Wildman–Crippen LogP) is 4.50. The van der Waals surface area contributed by atoms with Gasteiger partial charge in [0.05, 0.1) is 17.2 Å². The number of nitrogens with zero attached hydrogens (tertiary/aromatic N) is 3. The van der Waals surface area contributed by atoms with Gasteiger partial charge in [-0.25, -0.2) is 4.98 Å². The number of benzene rings is 2. The van der Waals surface area contributed by atoms with Crippen molar-refractivity contribution in [2.24, 2.45) is 5.41 Å².